The highest BCUT2D eigenvalue weighted by Gasteiger charge is 2.26. The van der Waals surface area contributed by atoms with Crippen LogP contribution in [-0.4, -0.2) is 11.9 Å². The van der Waals surface area contributed by atoms with Crippen molar-refractivity contribution in [2.45, 2.75) is 52.5 Å². The van der Waals surface area contributed by atoms with Crippen LogP contribution in [0.25, 0.3) is 0 Å². The SMILES string of the molecule is CC(=O)Nc1cc(NC2CCC(C)(C)CC2)ccc1F. The number of carbonyl (C=O) groups excluding carboxylic acids is 1. The summed E-state index contributed by atoms with van der Waals surface area (Å²) in [4.78, 5) is 11.0. The van der Waals surface area contributed by atoms with E-state index in [0.29, 0.717) is 11.5 Å². The third kappa shape index (κ3) is 3.95. The molecule has 3 nitrogen and oxygen atoms in total. The van der Waals surface area contributed by atoms with E-state index in [9.17, 15) is 9.18 Å². The number of nitrogens with one attached hydrogen (secondary N) is 2. The Labute approximate surface area is 120 Å². The molecule has 2 rings (SSSR count). The van der Waals surface area contributed by atoms with Crippen LogP contribution in [0.5, 0.6) is 0 Å². The second-order valence-electron chi connectivity index (χ2n) is 6.46. The standard InChI is InChI=1S/C16H23FN2O/c1-11(20)18-15-10-13(4-5-14(15)17)19-12-6-8-16(2,3)9-7-12/h4-5,10,12,19H,6-9H2,1-3H3,(H,18,20). The Morgan fingerprint density at radius 3 is 2.55 bits per heavy atom. The van der Waals surface area contributed by atoms with Crippen molar-refractivity contribution in [3.05, 3.63) is 24.0 Å². The average Bonchev–Trinajstić information content (AvgIpc) is 2.35. The lowest BCUT2D eigenvalue weighted by Gasteiger charge is -2.35. The van der Waals surface area contributed by atoms with E-state index >= 15 is 0 Å². The molecule has 0 radical (unpaired) electrons. The fraction of sp³-hybridized carbons (Fsp3) is 0.562. The zero-order valence-corrected chi connectivity index (χ0v) is 12.4. The van der Waals surface area contributed by atoms with Crippen LogP contribution < -0.4 is 10.6 Å². The van der Waals surface area contributed by atoms with Gasteiger partial charge in [0, 0.05) is 18.7 Å². The minimum absolute atomic E-state index is 0.235. The topological polar surface area (TPSA) is 41.1 Å². The molecule has 0 heterocycles. The van der Waals surface area contributed by atoms with Gasteiger partial charge in [0.25, 0.3) is 0 Å². The quantitative estimate of drug-likeness (QED) is 0.871. The fourth-order valence-electron chi connectivity index (χ4n) is 2.68. The van der Waals surface area contributed by atoms with Crippen molar-refractivity contribution in [3.8, 4) is 0 Å². The Kier molecular flexibility index (Phi) is 4.31. The van der Waals surface area contributed by atoms with E-state index in [4.69, 9.17) is 0 Å². The summed E-state index contributed by atoms with van der Waals surface area (Å²) >= 11 is 0. The second-order valence-corrected chi connectivity index (χ2v) is 6.46. The van der Waals surface area contributed by atoms with Crippen molar-refractivity contribution in [3.63, 3.8) is 0 Å². The molecule has 0 aromatic heterocycles. The van der Waals surface area contributed by atoms with Gasteiger partial charge in [0.1, 0.15) is 5.82 Å². The van der Waals surface area contributed by atoms with Gasteiger partial charge in [-0.05, 0) is 49.3 Å². The molecule has 1 aliphatic rings. The van der Waals surface area contributed by atoms with Crippen molar-refractivity contribution in [2.24, 2.45) is 5.41 Å². The van der Waals surface area contributed by atoms with Gasteiger partial charge >= 0.3 is 0 Å². The minimum Gasteiger partial charge on any atom is -0.382 e. The maximum absolute atomic E-state index is 13.6. The lowest BCUT2D eigenvalue weighted by Crippen LogP contribution is -2.29. The molecule has 0 spiro atoms. The van der Waals surface area contributed by atoms with Crippen molar-refractivity contribution < 1.29 is 9.18 Å². The first kappa shape index (κ1) is 14.8. The number of hydrogen-bond donors (Lipinski definition) is 2. The summed E-state index contributed by atoms with van der Waals surface area (Å²) in [6.45, 7) is 5.98. The van der Waals surface area contributed by atoms with Gasteiger partial charge in [0.15, 0.2) is 0 Å². The molecule has 1 fully saturated rings. The van der Waals surface area contributed by atoms with E-state index < -0.39 is 5.82 Å². The fourth-order valence-corrected chi connectivity index (χ4v) is 2.68. The first-order valence-corrected chi connectivity index (χ1v) is 7.19. The Morgan fingerprint density at radius 1 is 1.30 bits per heavy atom. The third-order valence-corrected chi connectivity index (χ3v) is 3.99. The van der Waals surface area contributed by atoms with Crippen LogP contribution >= 0.6 is 0 Å². The monoisotopic (exact) mass is 278 g/mol. The van der Waals surface area contributed by atoms with Gasteiger partial charge in [0.05, 0.1) is 5.69 Å². The molecule has 0 aliphatic heterocycles. The highest BCUT2D eigenvalue weighted by atomic mass is 19.1. The summed E-state index contributed by atoms with van der Waals surface area (Å²) in [5.41, 5.74) is 1.53. The lowest BCUT2D eigenvalue weighted by atomic mass is 9.75. The van der Waals surface area contributed by atoms with Crippen LogP contribution in [0.1, 0.15) is 46.5 Å². The minimum atomic E-state index is -0.407. The van der Waals surface area contributed by atoms with E-state index in [0.717, 1.165) is 18.5 Å². The molecule has 2 N–H and O–H groups in total. The first-order chi connectivity index (χ1) is 9.35. The van der Waals surface area contributed by atoms with Gasteiger partial charge < -0.3 is 10.6 Å². The summed E-state index contributed by atoms with van der Waals surface area (Å²) in [6.07, 6.45) is 4.65. The number of carbonyl (C=O) groups is 1. The molecule has 110 valence electrons. The molecule has 0 saturated heterocycles. The molecule has 20 heavy (non-hydrogen) atoms. The van der Waals surface area contributed by atoms with Crippen molar-refractivity contribution in [2.75, 3.05) is 10.6 Å². The second kappa shape index (κ2) is 5.81. The van der Waals surface area contributed by atoms with E-state index in [2.05, 4.69) is 24.5 Å². The molecule has 0 atom stereocenters. The molecular weight excluding hydrogens is 255 g/mol. The number of amides is 1. The third-order valence-electron chi connectivity index (χ3n) is 3.99. The summed E-state index contributed by atoms with van der Waals surface area (Å²) in [5.74, 6) is -0.670. The molecule has 0 bridgehead atoms. The molecule has 1 aliphatic carbocycles. The Morgan fingerprint density at radius 2 is 1.95 bits per heavy atom. The summed E-state index contributed by atoms with van der Waals surface area (Å²) in [7, 11) is 0. The molecular formula is C16H23FN2O. The molecule has 1 aromatic rings. The highest BCUT2D eigenvalue weighted by Crippen LogP contribution is 2.36. The van der Waals surface area contributed by atoms with Crippen LogP contribution in [-0.2, 0) is 4.79 Å². The van der Waals surface area contributed by atoms with Crippen molar-refractivity contribution in [1.82, 2.24) is 0 Å². The first-order valence-electron chi connectivity index (χ1n) is 7.19. The summed E-state index contributed by atoms with van der Waals surface area (Å²) in [6, 6.07) is 5.20. The number of rotatable bonds is 3. The van der Waals surface area contributed by atoms with Gasteiger partial charge in [-0.25, -0.2) is 4.39 Å². The predicted molar refractivity (Wildman–Crippen MR) is 80.4 cm³/mol. The molecule has 1 saturated carbocycles. The van der Waals surface area contributed by atoms with Crippen LogP contribution in [0.3, 0.4) is 0 Å². The number of anilines is 2. The molecule has 4 heteroatoms. The number of halogens is 1. The summed E-state index contributed by atoms with van der Waals surface area (Å²) in [5, 5.41) is 5.95. The number of hydrogen-bond acceptors (Lipinski definition) is 2. The van der Waals surface area contributed by atoms with Gasteiger partial charge in [0.2, 0.25) is 5.91 Å². The highest BCUT2D eigenvalue weighted by molar-refractivity contribution is 5.89. The van der Waals surface area contributed by atoms with Gasteiger partial charge in [-0.1, -0.05) is 13.8 Å². The lowest BCUT2D eigenvalue weighted by molar-refractivity contribution is -0.114. The van der Waals surface area contributed by atoms with E-state index in [1.54, 1.807) is 12.1 Å². The smallest absolute Gasteiger partial charge is 0.221 e. The zero-order chi connectivity index (χ0) is 14.8. The molecule has 1 amide bonds. The van der Waals surface area contributed by atoms with E-state index in [1.165, 1.54) is 25.8 Å². The van der Waals surface area contributed by atoms with E-state index in [1.807, 2.05) is 0 Å². The van der Waals surface area contributed by atoms with Crippen LogP contribution in [0.15, 0.2) is 18.2 Å². The van der Waals surface area contributed by atoms with Crippen LogP contribution in [0.2, 0.25) is 0 Å². The average molecular weight is 278 g/mol. The van der Waals surface area contributed by atoms with Crippen LogP contribution in [0.4, 0.5) is 15.8 Å². The maximum atomic E-state index is 13.6. The van der Waals surface area contributed by atoms with Crippen molar-refractivity contribution >= 4 is 17.3 Å². The van der Waals surface area contributed by atoms with E-state index in [-0.39, 0.29) is 11.6 Å². The van der Waals surface area contributed by atoms with Gasteiger partial charge in [-0.15, -0.1) is 0 Å². The predicted octanol–water partition coefficient (Wildman–Crippen LogP) is 4.16. The maximum Gasteiger partial charge on any atom is 0.221 e. The molecule has 0 unspecified atom stereocenters. The van der Waals surface area contributed by atoms with Gasteiger partial charge in [-0.3, -0.25) is 4.79 Å². The summed E-state index contributed by atoms with van der Waals surface area (Å²) < 4.78 is 13.6. The largest absolute Gasteiger partial charge is 0.382 e. The normalized spacial score (nSPS) is 18.6. The zero-order valence-electron chi connectivity index (χ0n) is 12.4. The number of benzene rings is 1. The Hall–Kier alpha value is -1.58. The molecule has 1 aromatic carbocycles. The Bertz CT molecular complexity index is 489. The van der Waals surface area contributed by atoms with Crippen LogP contribution in [0, 0.1) is 11.2 Å². The van der Waals surface area contributed by atoms with Crippen molar-refractivity contribution in [1.29, 1.82) is 0 Å². The van der Waals surface area contributed by atoms with Gasteiger partial charge in [-0.2, -0.15) is 0 Å². The Balaban J connectivity index is 2.01.